The zero-order chi connectivity index (χ0) is 11.4. The van der Waals surface area contributed by atoms with Crippen LogP contribution in [0.25, 0.3) is 0 Å². The van der Waals surface area contributed by atoms with Crippen LogP contribution in [0.15, 0.2) is 0 Å². The zero-order valence-corrected chi connectivity index (χ0v) is 9.34. The number of carboxylic acid groups (broad SMARTS) is 1. The summed E-state index contributed by atoms with van der Waals surface area (Å²) in [6.07, 6.45) is 2.06. The van der Waals surface area contributed by atoms with Gasteiger partial charge in [0.15, 0.2) is 0 Å². The number of unbranched alkanes of at least 4 members (excludes halogenated alkanes) is 1. The minimum absolute atomic E-state index is 0.437. The Kier molecular flexibility index (Phi) is 4.55. The van der Waals surface area contributed by atoms with Crippen LogP contribution in [0.5, 0.6) is 0 Å². The molecule has 0 aromatic carbocycles. The second-order valence-electron chi connectivity index (χ2n) is 4.77. The van der Waals surface area contributed by atoms with Crippen LogP contribution in [0.4, 0.5) is 0 Å². The van der Waals surface area contributed by atoms with Crippen LogP contribution >= 0.6 is 0 Å². The van der Waals surface area contributed by atoms with Gasteiger partial charge in [-0.2, -0.15) is 0 Å². The highest BCUT2D eigenvalue weighted by Crippen LogP contribution is 2.32. The fourth-order valence-corrected chi connectivity index (χ4v) is 1.35. The van der Waals surface area contributed by atoms with E-state index in [9.17, 15) is 4.79 Å². The highest BCUT2D eigenvalue weighted by molar-refractivity contribution is 5.79. The Hall–Kier alpha value is -0.610. The maximum Gasteiger partial charge on any atom is 0.324 e. The first-order chi connectivity index (χ1) is 6.25. The fraction of sp³-hybridized carbons (Fsp3) is 0.900. The third kappa shape index (κ3) is 2.96. The molecule has 0 fully saturated rings. The first-order valence-electron chi connectivity index (χ1n) is 4.98. The Balaban J connectivity index is 4.50. The molecule has 0 aliphatic heterocycles. The highest BCUT2D eigenvalue weighted by Gasteiger charge is 2.44. The summed E-state index contributed by atoms with van der Waals surface area (Å²) in [6.45, 7) is 6.14. The smallest absolute Gasteiger partial charge is 0.324 e. The van der Waals surface area contributed by atoms with E-state index in [-0.39, 0.29) is 0 Å². The van der Waals surface area contributed by atoms with Gasteiger partial charge in [-0.3, -0.25) is 4.79 Å². The highest BCUT2D eigenvalue weighted by atomic mass is 16.4. The van der Waals surface area contributed by atoms with Crippen LogP contribution in [-0.4, -0.2) is 23.2 Å². The number of hydrogen-bond acceptors (Lipinski definition) is 3. The maximum atomic E-state index is 11.1. The second-order valence-corrected chi connectivity index (χ2v) is 4.77. The summed E-state index contributed by atoms with van der Waals surface area (Å²) in [7, 11) is 0. The summed E-state index contributed by atoms with van der Waals surface area (Å²) in [6, 6.07) is 0. The molecule has 0 radical (unpaired) electrons. The number of nitrogens with two attached hydrogens (primary N) is 2. The summed E-state index contributed by atoms with van der Waals surface area (Å²) in [4.78, 5) is 11.1. The van der Waals surface area contributed by atoms with Crippen molar-refractivity contribution >= 4 is 5.97 Å². The molecule has 0 aromatic heterocycles. The average Bonchev–Trinajstić information content (AvgIpc) is 2.02. The lowest BCUT2D eigenvalue weighted by molar-refractivity contribution is -0.148. The van der Waals surface area contributed by atoms with Crippen LogP contribution in [0.3, 0.4) is 0 Å². The van der Waals surface area contributed by atoms with Gasteiger partial charge in [0.05, 0.1) is 0 Å². The van der Waals surface area contributed by atoms with Gasteiger partial charge in [0.25, 0.3) is 0 Å². The predicted octanol–water partition coefficient (Wildman–Crippen LogP) is 0.944. The van der Waals surface area contributed by atoms with Gasteiger partial charge in [-0.25, -0.2) is 0 Å². The lowest BCUT2D eigenvalue weighted by Crippen LogP contribution is -2.57. The van der Waals surface area contributed by atoms with Crippen molar-refractivity contribution in [2.75, 3.05) is 6.54 Å². The van der Waals surface area contributed by atoms with E-state index in [4.69, 9.17) is 16.6 Å². The van der Waals surface area contributed by atoms with Crippen molar-refractivity contribution < 1.29 is 9.90 Å². The van der Waals surface area contributed by atoms with Gasteiger partial charge in [0.1, 0.15) is 5.54 Å². The number of rotatable bonds is 5. The molecule has 0 rings (SSSR count). The molecule has 14 heavy (non-hydrogen) atoms. The van der Waals surface area contributed by atoms with Crippen molar-refractivity contribution in [3.05, 3.63) is 0 Å². The molecule has 0 bridgehead atoms. The maximum absolute atomic E-state index is 11.1. The van der Waals surface area contributed by atoms with Crippen LogP contribution in [0.2, 0.25) is 0 Å². The zero-order valence-electron chi connectivity index (χ0n) is 9.34. The molecule has 0 heterocycles. The van der Waals surface area contributed by atoms with E-state index in [1.54, 1.807) is 0 Å². The summed E-state index contributed by atoms with van der Waals surface area (Å²) >= 11 is 0. The van der Waals surface area contributed by atoms with E-state index in [0.717, 1.165) is 12.8 Å². The van der Waals surface area contributed by atoms with Gasteiger partial charge in [0, 0.05) is 0 Å². The Morgan fingerprint density at radius 3 is 2.07 bits per heavy atom. The first-order valence-corrected chi connectivity index (χ1v) is 4.98. The molecule has 0 unspecified atom stereocenters. The molecule has 0 aliphatic carbocycles. The van der Waals surface area contributed by atoms with Crippen LogP contribution < -0.4 is 11.5 Å². The molecule has 84 valence electrons. The second kappa shape index (κ2) is 4.75. The van der Waals surface area contributed by atoms with Gasteiger partial charge in [0.2, 0.25) is 0 Å². The lowest BCUT2D eigenvalue weighted by Gasteiger charge is -2.37. The van der Waals surface area contributed by atoms with E-state index in [1.165, 1.54) is 0 Å². The molecular formula is C10H22N2O2. The van der Waals surface area contributed by atoms with Crippen molar-refractivity contribution in [1.29, 1.82) is 0 Å². The Morgan fingerprint density at radius 1 is 1.29 bits per heavy atom. The van der Waals surface area contributed by atoms with Crippen molar-refractivity contribution in [2.24, 2.45) is 16.9 Å². The molecule has 0 aromatic rings. The third-order valence-electron chi connectivity index (χ3n) is 2.75. The molecule has 0 spiro atoms. The van der Waals surface area contributed by atoms with Crippen molar-refractivity contribution in [3.63, 3.8) is 0 Å². The molecule has 0 saturated carbocycles. The number of carbonyl (C=O) groups is 1. The van der Waals surface area contributed by atoms with Crippen molar-refractivity contribution in [1.82, 2.24) is 0 Å². The third-order valence-corrected chi connectivity index (χ3v) is 2.75. The standard InChI is InChI=1S/C10H22N2O2/c1-9(2,3)10(12,8(13)14)6-4-5-7-11/h4-7,11-12H2,1-3H3,(H,13,14)/t10-/m0/s1. The van der Waals surface area contributed by atoms with Crippen LogP contribution in [0, 0.1) is 5.41 Å². The molecule has 0 saturated heterocycles. The minimum Gasteiger partial charge on any atom is -0.480 e. The summed E-state index contributed by atoms with van der Waals surface area (Å²) < 4.78 is 0. The molecular weight excluding hydrogens is 180 g/mol. The van der Waals surface area contributed by atoms with Gasteiger partial charge in [-0.05, 0) is 31.2 Å². The molecule has 5 N–H and O–H groups in total. The lowest BCUT2D eigenvalue weighted by atomic mass is 9.71. The molecule has 0 aliphatic rings. The van der Waals surface area contributed by atoms with Crippen LogP contribution in [0.1, 0.15) is 40.0 Å². The van der Waals surface area contributed by atoms with Gasteiger partial charge >= 0.3 is 5.97 Å². The van der Waals surface area contributed by atoms with Crippen molar-refractivity contribution in [2.45, 2.75) is 45.6 Å². The van der Waals surface area contributed by atoms with Gasteiger partial charge in [-0.1, -0.05) is 20.8 Å². The summed E-state index contributed by atoms with van der Waals surface area (Å²) in [5.74, 6) is -0.929. The number of hydrogen-bond donors (Lipinski definition) is 3. The topological polar surface area (TPSA) is 89.3 Å². The first kappa shape index (κ1) is 13.4. The van der Waals surface area contributed by atoms with Gasteiger partial charge < -0.3 is 16.6 Å². The van der Waals surface area contributed by atoms with E-state index < -0.39 is 16.9 Å². The largest absolute Gasteiger partial charge is 0.480 e. The van der Waals surface area contributed by atoms with Gasteiger partial charge in [-0.15, -0.1) is 0 Å². The van der Waals surface area contributed by atoms with E-state index in [0.29, 0.717) is 13.0 Å². The van der Waals surface area contributed by atoms with E-state index in [1.807, 2.05) is 20.8 Å². The molecule has 4 heteroatoms. The molecule has 0 amide bonds. The fourth-order valence-electron chi connectivity index (χ4n) is 1.35. The summed E-state index contributed by atoms with van der Waals surface area (Å²) in [5, 5.41) is 9.11. The van der Waals surface area contributed by atoms with E-state index in [2.05, 4.69) is 0 Å². The summed E-state index contributed by atoms with van der Waals surface area (Å²) in [5.41, 5.74) is 9.69. The average molecular weight is 202 g/mol. The Morgan fingerprint density at radius 2 is 1.79 bits per heavy atom. The Bertz CT molecular complexity index is 199. The minimum atomic E-state index is -1.15. The molecule has 4 nitrogen and oxygen atoms in total. The monoisotopic (exact) mass is 202 g/mol. The number of carboxylic acids is 1. The predicted molar refractivity (Wildman–Crippen MR) is 56.9 cm³/mol. The normalized spacial score (nSPS) is 16.4. The number of aliphatic carboxylic acids is 1. The van der Waals surface area contributed by atoms with E-state index >= 15 is 0 Å². The molecule has 1 atom stereocenters. The Labute approximate surface area is 85.7 Å². The quantitative estimate of drug-likeness (QED) is 0.579. The van der Waals surface area contributed by atoms with Crippen molar-refractivity contribution in [3.8, 4) is 0 Å². The SMILES string of the molecule is CC(C)(C)[C@](N)(CCCCN)C(=O)O. The van der Waals surface area contributed by atoms with Crippen LogP contribution in [-0.2, 0) is 4.79 Å².